The monoisotopic (exact) mass is 312 g/mol. The van der Waals surface area contributed by atoms with E-state index in [4.69, 9.17) is 0 Å². The Kier molecular flexibility index (Phi) is 4.90. The average molecular weight is 312 g/mol. The number of aromatic nitrogens is 3. The molecule has 0 spiro atoms. The van der Waals surface area contributed by atoms with Gasteiger partial charge in [-0.15, -0.1) is 5.10 Å². The van der Waals surface area contributed by atoms with Gasteiger partial charge in [-0.05, 0) is 31.0 Å². The van der Waals surface area contributed by atoms with Crippen LogP contribution in [0, 0.1) is 6.92 Å². The Labute approximate surface area is 137 Å². The SMILES string of the molecule is CCCNc1cnnc(N2CCN(c3cccc(C)c3)CC2)n1. The largest absolute Gasteiger partial charge is 0.369 e. The molecule has 1 aromatic heterocycles. The molecule has 1 saturated heterocycles. The predicted molar refractivity (Wildman–Crippen MR) is 94.2 cm³/mol. The number of hydrogen-bond donors (Lipinski definition) is 1. The molecular formula is C17H24N6. The van der Waals surface area contributed by atoms with Gasteiger partial charge in [0.05, 0.1) is 6.20 Å². The van der Waals surface area contributed by atoms with Crippen LogP contribution in [-0.4, -0.2) is 47.9 Å². The van der Waals surface area contributed by atoms with Crippen LogP contribution in [0.4, 0.5) is 17.5 Å². The molecule has 6 nitrogen and oxygen atoms in total. The van der Waals surface area contributed by atoms with Crippen molar-refractivity contribution >= 4 is 17.5 Å². The van der Waals surface area contributed by atoms with Gasteiger partial charge in [0.15, 0.2) is 5.82 Å². The predicted octanol–water partition coefficient (Wildman–Crippen LogP) is 2.33. The van der Waals surface area contributed by atoms with Crippen LogP contribution in [0.25, 0.3) is 0 Å². The Morgan fingerprint density at radius 2 is 1.91 bits per heavy atom. The summed E-state index contributed by atoms with van der Waals surface area (Å²) in [6, 6.07) is 8.67. The van der Waals surface area contributed by atoms with E-state index in [0.717, 1.165) is 50.9 Å². The molecule has 23 heavy (non-hydrogen) atoms. The number of aryl methyl sites for hydroxylation is 1. The topological polar surface area (TPSA) is 57.2 Å². The molecule has 0 amide bonds. The van der Waals surface area contributed by atoms with Gasteiger partial charge in [0, 0.05) is 38.4 Å². The van der Waals surface area contributed by atoms with E-state index in [2.05, 4.69) is 68.4 Å². The highest BCUT2D eigenvalue weighted by Crippen LogP contribution is 2.19. The molecule has 2 heterocycles. The third-order valence-electron chi connectivity index (χ3n) is 4.03. The molecule has 0 radical (unpaired) electrons. The van der Waals surface area contributed by atoms with E-state index >= 15 is 0 Å². The fourth-order valence-electron chi connectivity index (χ4n) is 2.76. The van der Waals surface area contributed by atoms with Crippen LogP contribution < -0.4 is 15.1 Å². The lowest BCUT2D eigenvalue weighted by Gasteiger charge is -2.36. The zero-order valence-corrected chi connectivity index (χ0v) is 13.9. The van der Waals surface area contributed by atoms with E-state index in [9.17, 15) is 0 Å². The lowest BCUT2D eigenvalue weighted by molar-refractivity contribution is 0.635. The van der Waals surface area contributed by atoms with E-state index in [1.807, 2.05) is 0 Å². The van der Waals surface area contributed by atoms with Crippen LogP contribution in [0.15, 0.2) is 30.5 Å². The first-order valence-corrected chi connectivity index (χ1v) is 8.26. The molecule has 0 atom stereocenters. The molecule has 2 aromatic rings. The molecule has 122 valence electrons. The van der Waals surface area contributed by atoms with E-state index in [1.54, 1.807) is 6.20 Å². The summed E-state index contributed by atoms with van der Waals surface area (Å²) in [5, 5.41) is 11.5. The summed E-state index contributed by atoms with van der Waals surface area (Å²) < 4.78 is 0. The molecule has 1 aliphatic rings. The van der Waals surface area contributed by atoms with Crippen molar-refractivity contribution in [1.29, 1.82) is 0 Å². The third-order valence-corrected chi connectivity index (χ3v) is 4.03. The highest BCUT2D eigenvalue weighted by molar-refractivity contribution is 5.50. The molecule has 1 aromatic carbocycles. The Morgan fingerprint density at radius 1 is 1.13 bits per heavy atom. The zero-order chi connectivity index (χ0) is 16.1. The summed E-state index contributed by atoms with van der Waals surface area (Å²) in [5.41, 5.74) is 2.59. The average Bonchev–Trinajstić information content (AvgIpc) is 2.60. The summed E-state index contributed by atoms with van der Waals surface area (Å²) >= 11 is 0. The van der Waals surface area contributed by atoms with Gasteiger partial charge in [-0.1, -0.05) is 19.1 Å². The number of rotatable bonds is 5. The van der Waals surface area contributed by atoms with Crippen LogP contribution >= 0.6 is 0 Å². The Hall–Kier alpha value is -2.37. The quantitative estimate of drug-likeness (QED) is 0.914. The van der Waals surface area contributed by atoms with Gasteiger partial charge in [-0.25, -0.2) is 0 Å². The minimum absolute atomic E-state index is 0.718. The van der Waals surface area contributed by atoms with Crippen molar-refractivity contribution in [3.05, 3.63) is 36.0 Å². The molecule has 0 unspecified atom stereocenters. The number of nitrogens with one attached hydrogen (secondary N) is 1. The normalized spacial score (nSPS) is 14.9. The van der Waals surface area contributed by atoms with Gasteiger partial charge in [0.1, 0.15) is 0 Å². The van der Waals surface area contributed by atoms with Crippen molar-refractivity contribution in [2.24, 2.45) is 0 Å². The Morgan fingerprint density at radius 3 is 2.65 bits per heavy atom. The zero-order valence-electron chi connectivity index (χ0n) is 13.9. The Balaban J connectivity index is 1.62. The fourth-order valence-corrected chi connectivity index (χ4v) is 2.76. The minimum atomic E-state index is 0.718. The maximum Gasteiger partial charge on any atom is 0.247 e. The first-order valence-electron chi connectivity index (χ1n) is 8.26. The van der Waals surface area contributed by atoms with E-state index in [-0.39, 0.29) is 0 Å². The highest BCUT2D eigenvalue weighted by atomic mass is 15.4. The van der Waals surface area contributed by atoms with Crippen molar-refractivity contribution in [2.75, 3.05) is 47.8 Å². The summed E-state index contributed by atoms with van der Waals surface area (Å²) in [5.74, 6) is 1.52. The second-order valence-electron chi connectivity index (χ2n) is 5.88. The van der Waals surface area contributed by atoms with Gasteiger partial charge >= 0.3 is 0 Å². The van der Waals surface area contributed by atoms with Gasteiger partial charge in [-0.2, -0.15) is 10.1 Å². The van der Waals surface area contributed by atoms with Gasteiger partial charge in [-0.3, -0.25) is 0 Å². The molecule has 6 heteroatoms. The van der Waals surface area contributed by atoms with Gasteiger partial charge in [0.25, 0.3) is 0 Å². The number of piperazine rings is 1. The van der Waals surface area contributed by atoms with Crippen LogP contribution in [0.1, 0.15) is 18.9 Å². The van der Waals surface area contributed by atoms with E-state index in [1.165, 1.54) is 11.3 Å². The lowest BCUT2D eigenvalue weighted by atomic mass is 10.2. The van der Waals surface area contributed by atoms with Gasteiger partial charge < -0.3 is 15.1 Å². The molecule has 3 rings (SSSR count). The van der Waals surface area contributed by atoms with Crippen LogP contribution in [-0.2, 0) is 0 Å². The molecule has 0 saturated carbocycles. The maximum atomic E-state index is 4.57. The Bertz CT molecular complexity index is 636. The fraction of sp³-hybridized carbons (Fsp3) is 0.471. The van der Waals surface area contributed by atoms with Crippen LogP contribution in [0.2, 0.25) is 0 Å². The molecule has 0 aliphatic carbocycles. The molecule has 1 aliphatic heterocycles. The highest BCUT2D eigenvalue weighted by Gasteiger charge is 2.19. The number of nitrogens with zero attached hydrogens (tertiary/aromatic N) is 5. The molecule has 1 N–H and O–H groups in total. The maximum absolute atomic E-state index is 4.57. The molecule has 1 fully saturated rings. The smallest absolute Gasteiger partial charge is 0.247 e. The van der Waals surface area contributed by atoms with Crippen molar-refractivity contribution in [3.63, 3.8) is 0 Å². The standard InChI is InChI=1S/C17H24N6/c1-3-7-18-16-13-19-21-17(20-16)23-10-8-22(9-11-23)15-6-4-5-14(2)12-15/h4-6,12-13H,3,7-11H2,1-2H3,(H,18,20,21). The first-order chi connectivity index (χ1) is 11.3. The summed E-state index contributed by atoms with van der Waals surface area (Å²) in [6.45, 7) is 8.93. The van der Waals surface area contributed by atoms with E-state index in [0.29, 0.717) is 0 Å². The molecule has 0 bridgehead atoms. The number of benzene rings is 1. The summed E-state index contributed by atoms with van der Waals surface area (Å²) in [6.07, 6.45) is 2.75. The third kappa shape index (κ3) is 3.88. The van der Waals surface area contributed by atoms with Crippen LogP contribution in [0.5, 0.6) is 0 Å². The number of anilines is 3. The second-order valence-corrected chi connectivity index (χ2v) is 5.88. The van der Waals surface area contributed by atoms with Crippen molar-refractivity contribution in [1.82, 2.24) is 15.2 Å². The number of hydrogen-bond acceptors (Lipinski definition) is 6. The van der Waals surface area contributed by atoms with Crippen molar-refractivity contribution < 1.29 is 0 Å². The first kappa shape index (κ1) is 15.5. The van der Waals surface area contributed by atoms with Crippen LogP contribution in [0.3, 0.4) is 0 Å². The lowest BCUT2D eigenvalue weighted by Crippen LogP contribution is -2.47. The van der Waals surface area contributed by atoms with Gasteiger partial charge in [0.2, 0.25) is 5.95 Å². The molecular weight excluding hydrogens is 288 g/mol. The summed E-state index contributed by atoms with van der Waals surface area (Å²) in [4.78, 5) is 9.19. The van der Waals surface area contributed by atoms with Crippen molar-refractivity contribution in [3.8, 4) is 0 Å². The second kappa shape index (κ2) is 7.26. The summed E-state index contributed by atoms with van der Waals surface area (Å²) in [7, 11) is 0. The van der Waals surface area contributed by atoms with Crippen molar-refractivity contribution in [2.45, 2.75) is 20.3 Å². The van der Waals surface area contributed by atoms with E-state index < -0.39 is 0 Å². The minimum Gasteiger partial charge on any atom is -0.369 e.